The van der Waals surface area contributed by atoms with Crippen molar-refractivity contribution >= 4 is 17.2 Å². The molecule has 13 heavy (non-hydrogen) atoms. The van der Waals surface area contributed by atoms with Gasteiger partial charge in [-0.15, -0.1) is 11.6 Å². The van der Waals surface area contributed by atoms with E-state index in [2.05, 4.69) is 4.98 Å². The zero-order valence-corrected chi connectivity index (χ0v) is 8.54. The summed E-state index contributed by atoms with van der Waals surface area (Å²) in [5, 5.41) is 9.03. The average Bonchev–Trinajstić information content (AvgIpc) is 2.50. The van der Waals surface area contributed by atoms with Crippen molar-refractivity contribution in [3.63, 3.8) is 0 Å². The van der Waals surface area contributed by atoms with Gasteiger partial charge in [-0.1, -0.05) is 6.08 Å². The first-order chi connectivity index (χ1) is 6.22. The fourth-order valence-corrected chi connectivity index (χ4v) is 1.31. The second-order valence-corrected chi connectivity index (χ2v) is 3.04. The Morgan fingerprint density at radius 3 is 2.85 bits per heavy atom. The number of aliphatic hydroxyl groups is 1. The van der Waals surface area contributed by atoms with Crippen LogP contribution in [0.1, 0.15) is 18.4 Å². The molecule has 0 aliphatic rings. The zero-order chi connectivity index (χ0) is 9.84. The molecule has 1 N–H and O–H groups in total. The molecule has 1 rings (SSSR count). The van der Waals surface area contributed by atoms with E-state index in [1.807, 2.05) is 30.8 Å². The van der Waals surface area contributed by atoms with E-state index in [0.717, 1.165) is 17.1 Å². The van der Waals surface area contributed by atoms with E-state index < -0.39 is 0 Å². The van der Waals surface area contributed by atoms with E-state index in [1.54, 1.807) is 0 Å². The minimum atomic E-state index is 0.00305. The highest BCUT2D eigenvalue weighted by Crippen LogP contribution is 2.13. The van der Waals surface area contributed by atoms with E-state index in [-0.39, 0.29) is 6.61 Å². The van der Waals surface area contributed by atoms with E-state index in [0.29, 0.717) is 5.88 Å². The molecule has 0 amide bonds. The SMILES string of the molecule is C/C=C(/CO)c1nc(CCl)cn1C. The summed E-state index contributed by atoms with van der Waals surface area (Å²) < 4.78 is 1.86. The van der Waals surface area contributed by atoms with Crippen LogP contribution in [0.15, 0.2) is 12.3 Å². The smallest absolute Gasteiger partial charge is 0.137 e. The predicted molar refractivity (Wildman–Crippen MR) is 53.5 cm³/mol. The first-order valence-electron chi connectivity index (χ1n) is 4.07. The van der Waals surface area contributed by atoms with Gasteiger partial charge < -0.3 is 9.67 Å². The highest BCUT2D eigenvalue weighted by Gasteiger charge is 2.07. The van der Waals surface area contributed by atoms with Gasteiger partial charge in [0.25, 0.3) is 0 Å². The molecular formula is C9H13ClN2O. The second-order valence-electron chi connectivity index (χ2n) is 2.77. The van der Waals surface area contributed by atoms with Crippen molar-refractivity contribution in [1.29, 1.82) is 0 Å². The number of aliphatic hydroxyl groups excluding tert-OH is 1. The molecular weight excluding hydrogens is 188 g/mol. The Morgan fingerprint density at radius 2 is 2.46 bits per heavy atom. The van der Waals surface area contributed by atoms with Crippen LogP contribution in [0.5, 0.6) is 0 Å². The molecule has 0 aliphatic carbocycles. The van der Waals surface area contributed by atoms with Crippen LogP contribution in [0.3, 0.4) is 0 Å². The Morgan fingerprint density at radius 1 is 1.77 bits per heavy atom. The quantitative estimate of drug-likeness (QED) is 0.752. The lowest BCUT2D eigenvalue weighted by molar-refractivity contribution is 0.349. The van der Waals surface area contributed by atoms with Crippen molar-refractivity contribution in [3.8, 4) is 0 Å². The molecule has 0 atom stereocenters. The molecule has 1 aromatic rings. The normalized spacial score (nSPS) is 12.2. The Balaban J connectivity index is 3.06. The lowest BCUT2D eigenvalue weighted by atomic mass is 10.2. The average molecular weight is 201 g/mol. The van der Waals surface area contributed by atoms with Gasteiger partial charge in [-0.25, -0.2) is 4.98 Å². The lowest BCUT2D eigenvalue weighted by Crippen LogP contribution is -1.99. The van der Waals surface area contributed by atoms with E-state index >= 15 is 0 Å². The number of aromatic nitrogens is 2. The first-order valence-corrected chi connectivity index (χ1v) is 4.61. The van der Waals surface area contributed by atoms with Crippen molar-refractivity contribution in [3.05, 3.63) is 23.8 Å². The summed E-state index contributed by atoms with van der Waals surface area (Å²) in [6.45, 7) is 1.88. The number of alkyl halides is 1. The van der Waals surface area contributed by atoms with Crippen molar-refractivity contribution < 1.29 is 5.11 Å². The minimum absolute atomic E-state index is 0.00305. The molecule has 72 valence electrons. The Bertz CT molecular complexity index is 317. The molecule has 0 aromatic carbocycles. The minimum Gasteiger partial charge on any atom is -0.392 e. The zero-order valence-electron chi connectivity index (χ0n) is 7.79. The predicted octanol–water partition coefficient (Wildman–Crippen LogP) is 1.55. The van der Waals surface area contributed by atoms with Gasteiger partial charge in [0.1, 0.15) is 5.82 Å². The van der Waals surface area contributed by atoms with Crippen LogP contribution in [0.2, 0.25) is 0 Å². The number of rotatable bonds is 3. The topological polar surface area (TPSA) is 38.1 Å². The van der Waals surface area contributed by atoms with Gasteiger partial charge in [0, 0.05) is 18.8 Å². The molecule has 0 unspecified atom stereocenters. The van der Waals surface area contributed by atoms with Crippen LogP contribution in [-0.4, -0.2) is 21.3 Å². The fourth-order valence-electron chi connectivity index (χ4n) is 1.18. The third-order valence-corrected chi connectivity index (χ3v) is 2.14. The molecule has 1 heterocycles. The highest BCUT2D eigenvalue weighted by molar-refractivity contribution is 6.16. The summed E-state index contributed by atoms with van der Waals surface area (Å²) in [5.41, 5.74) is 1.64. The molecule has 0 spiro atoms. The van der Waals surface area contributed by atoms with Crippen molar-refractivity contribution in [2.24, 2.45) is 7.05 Å². The Kier molecular flexibility index (Phi) is 3.51. The van der Waals surface area contributed by atoms with Crippen LogP contribution >= 0.6 is 11.6 Å². The summed E-state index contributed by atoms with van der Waals surface area (Å²) in [4.78, 5) is 4.27. The summed E-state index contributed by atoms with van der Waals surface area (Å²) in [5.74, 6) is 1.18. The van der Waals surface area contributed by atoms with Crippen molar-refractivity contribution in [2.45, 2.75) is 12.8 Å². The van der Waals surface area contributed by atoms with Crippen LogP contribution in [-0.2, 0) is 12.9 Å². The third kappa shape index (κ3) is 2.11. The standard InChI is InChI=1S/C9H13ClN2O/c1-3-7(6-13)9-11-8(4-10)5-12(9)2/h3,5,13H,4,6H2,1-2H3/b7-3-. The van der Waals surface area contributed by atoms with Gasteiger partial charge in [0.05, 0.1) is 18.2 Å². The van der Waals surface area contributed by atoms with Crippen LogP contribution < -0.4 is 0 Å². The maximum Gasteiger partial charge on any atom is 0.137 e. The van der Waals surface area contributed by atoms with Crippen molar-refractivity contribution in [2.75, 3.05) is 6.61 Å². The molecule has 3 nitrogen and oxygen atoms in total. The molecule has 0 saturated carbocycles. The molecule has 0 saturated heterocycles. The summed E-state index contributed by atoms with van der Waals surface area (Å²) in [7, 11) is 1.89. The number of nitrogens with zero attached hydrogens (tertiary/aromatic N) is 2. The summed E-state index contributed by atoms with van der Waals surface area (Å²) in [6.07, 6.45) is 3.71. The fraction of sp³-hybridized carbons (Fsp3) is 0.444. The molecule has 4 heteroatoms. The molecule has 1 aromatic heterocycles. The van der Waals surface area contributed by atoms with Gasteiger partial charge >= 0.3 is 0 Å². The van der Waals surface area contributed by atoms with E-state index in [4.69, 9.17) is 16.7 Å². The highest BCUT2D eigenvalue weighted by atomic mass is 35.5. The Labute approximate surface area is 82.7 Å². The number of aryl methyl sites for hydroxylation is 1. The van der Waals surface area contributed by atoms with Gasteiger partial charge in [-0.3, -0.25) is 0 Å². The van der Waals surface area contributed by atoms with Gasteiger partial charge in [0.15, 0.2) is 0 Å². The molecule has 0 radical (unpaired) electrons. The number of imidazole rings is 1. The number of allylic oxidation sites excluding steroid dienone is 1. The van der Waals surface area contributed by atoms with E-state index in [1.165, 1.54) is 0 Å². The van der Waals surface area contributed by atoms with E-state index in [9.17, 15) is 0 Å². The second kappa shape index (κ2) is 4.44. The summed E-state index contributed by atoms with van der Waals surface area (Å²) in [6, 6.07) is 0. The van der Waals surface area contributed by atoms with Crippen LogP contribution in [0.4, 0.5) is 0 Å². The number of halogens is 1. The third-order valence-electron chi connectivity index (χ3n) is 1.87. The first kappa shape index (κ1) is 10.3. The van der Waals surface area contributed by atoms with Gasteiger partial charge in [-0.05, 0) is 6.92 Å². The Hall–Kier alpha value is -0.800. The van der Waals surface area contributed by atoms with Crippen molar-refractivity contribution in [1.82, 2.24) is 9.55 Å². The van der Waals surface area contributed by atoms with Crippen LogP contribution in [0, 0.1) is 0 Å². The lowest BCUT2D eigenvalue weighted by Gasteiger charge is -2.01. The monoisotopic (exact) mass is 200 g/mol. The molecule has 0 bridgehead atoms. The summed E-state index contributed by atoms with van der Waals surface area (Å²) >= 11 is 5.65. The number of hydrogen-bond donors (Lipinski definition) is 1. The largest absolute Gasteiger partial charge is 0.392 e. The van der Waals surface area contributed by atoms with Crippen LogP contribution in [0.25, 0.3) is 5.57 Å². The maximum atomic E-state index is 9.03. The van der Waals surface area contributed by atoms with Gasteiger partial charge in [0.2, 0.25) is 0 Å². The molecule has 0 fully saturated rings. The van der Waals surface area contributed by atoms with Gasteiger partial charge in [-0.2, -0.15) is 0 Å². The number of hydrogen-bond acceptors (Lipinski definition) is 2. The maximum absolute atomic E-state index is 9.03. The molecule has 0 aliphatic heterocycles.